The molecule has 0 unspecified atom stereocenters. The summed E-state index contributed by atoms with van der Waals surface area (Å²) in [5.41, 5.74) is 0.961. The highest BCUT2D eigenvalue weighted by atomic mass is 79.9. The molecule has 0 bridgehead atoms. The second-order valence-electron chi connectivity index (χ2n) is 3.49. The van der Waals surface area contributed by atoms with Crippen LogP contribution in [0, 0.1) is 10.1 Å². The minimum atomic E-state index is -0.405. The van der Waals surface area contributed by atoms with E-state index >= 15 is 0 Å². The van der Waals surface area contributed by atoms with Gasteiger partial charge in [0.05, 0.1) is 8.71 Å². The van der Waals surface area contributed by atoms with Crippen molar-refractivity contribution in [3.63, 3.8) is 0 Å². The molecule has 0 aliphatic rings. The quantitative estimate of drug-likeness (QED) is 0.601. The van der Waals surface area contributed by atoms with Crippen LogP contribution in [-0.2, 0) is 6.54 Å². The van der Waals surface area contributed by atoms with Gasteiger partial charge in [-0.2, -0.15) is 0 Å². The maximum absolute atomic E-state index is 10.5. The molecule has 0 aliphatic carbocycles. The van der Waals surface area contributed by atoms with Crippen molar-refractivity contribution in [1.29, 1.82) is 0 Å². The molecule has 0 amide bonds. The molecule has 0 saturated heterocycles. The van der Waals surface area contributed by atoms with Crippen molar-refractivity contribution in [3.8, 4) is 0 Å². The first-order chi connectivity index (χ1) is 8.56. The van der Waals surface area contributed by atoms with E-state index in [1.54, 1.807) is 23.5 Å². The highest BCUT2D eigenvalue weighted by Crippen LogP contribution is 2.32. The van der Waals surface area contributed by atoms with E-state index in [9.17, 15) is 10.1 Å². The number of halogens is 2. The third-order valence-corrected chi connectivity index (χ3v) is 5.50. The van der Waals surface area contributed by atoms with Crippen molar-refractivity contribution in [1.82, 2.24) is 0 Å². The largest absolute Gasteiger partial charge is 0.380 e. The summed E-state index contributed by atoms with van der Waals surface area (Å²) in [6, 6.07) is 8.42. The van der Waals surface area contributed by atoms with E-state index in [0.29, 0.717) is 6.54 Å². The molecule has 0 spiro atoms. The van der Waals surface area contributed by atoms with Crippen molar-refractivity contribution < 1.29 is 4.92 Å². The third kappa shape index (κ3) is 3.30. The molecular formula is C11H8Br2N2O2S. The highest BCUT2D eigenvalue weighted by Gasteiger charge is 2.05. The number of nitro benzene ring substituents is 1. The van der Waals surface area contributed by atoms with E-state index in [2.05, 4.69) is 37.2 Å². The average molecular weight is 392 g/mol. The summed E-state index contributed by atoms with van der Waals surface area (Å²) in [6.07, 6.45) is 0. The zero-order valence-corrected chi connectivity index (χ0v) is 13.0. The molecule has 1 aromatic carbocycles. The number of nitro groups is 1. The number of thiophene rings is 1. The Bertz CT molecular complexity index is 549. The standard InChI is InChI=1S/C11H8Br2N2O2S/c12-10-5-9(18-11(10)13)6-14-7-1-3-8(4-2-7)15(16)17/h1-5,14H,6H2. The smallest absolute Gasteiger partial charge is 0.269 e. The minimum Gasteiger partial charge on any atom is -0.380 e. The Balaban J connectivity index is 2.00. The van der Waals surface area contributed by atoms with E-state index < -0.39 is 4.92 Å². The topological polar surface area (TPSA) is 55.2 Å². The average Bonchev–Trinajstić information content (AvgIpc) is 2.67. The lowest BCUT2D eigenvalue weighted by molar-refractivity contribution is -0.384. The summed E-state index contributed by atoms with van der Waals surface area (Å²) in [7, 11) is 0. The second kappa shape index (κ2) is 5.81. The normalized spacial score (nSPS) is 10.3. The number of rotatable bonds is 4. The fourth-order valence-corrected chi connectivity index (χ4v) is 3.49. The first-order valence-electron chi connectivity index (χ1n) is 4.98. The van der Waals surface area contributed by atoms with Crippen LogP contribution >= 0.6 is 43.2 Å². The Hall–Kier alpha value is -0.920. The highest BCUT2D eigenvalue weighted by molar-refractivity contribution is 9.13. The Kier molecular flexibility index (Phi) is 4.36. The van der Waals surface area contributed by atoms with Gasteiger partial charge in [-0.25, -0.2) is 0 Å². The summed E-state index contributed by atoms with van der Waals surface area (Å²) in [5, 5.41) is 13.7. The number of nitrogens with zero attached hydrogens (tertiary/aromatic N) is 1. The van der Waals surface area contributed by atoms with Crippen LogP contribution in [0.3, 0.4) is 0 Å². The molecule has 0 radical (unpaired) electrons. The van der Waals surface area contributed by atoms with Crippen LogP contribution in [0.5, 0.6) is 0 Å². The van der Waals surface area contributed by atoms with Crippen molar-refractivity contribution in [3.05, 3.63) is 53.6 Å². The monoisotopic (exact) mass is 390 g/mol. The van der Waals surface area contributed by atoms with Gasteiger partial charge < -0.3 is 5.32 Å². The summed E-state index contributed by atoms with van der Waals surface area (Å²) in [6.45, 7) is 0.687. The predicted octanol–water partition coefficient (Wildman–Crippen LogP) is 4.79. The van der Waals surface area contributed by atoms with Crippen molar-refractivity contribution in [2.24, 2.45) is 0 Å². The molecule has 0 aliphatic heterocycles. The Morgan fingerprint density at radius 1 is 1.28 bits per heavy atom. The van der Waals surface area contributed by atoms with Crippen LogP contribution in [0.15, 0.2) is 38.6 Å². The van der Waals surface area contributed by atoms with E-state index in [1.807, 2.05) is 6.07 Å². The van der Waals surface area contributed by atoms with Crippen molar-refractivity contribution in [2.45, 2.75) is 6.54 Å². The van der Waals surface area contributed by atoms with Gasteiger partial charge in [-0.1, -0.05) is 0 Å². The molecule has 1 N–H and O–H groups in total. The van der Waals surface area contributed by atoms with E-state index in [-0.39, 0.29) is 5.69 Å². The van der Waals surface area contributed by atoms with E-state index in [4.69, 9.17) is 0 Å². The summed E-state index contributed by atoms with van der Waals surface area (Å²) in [4.78, 5) is 11.3. The van der Waals surface area contributed by atoms with Gasteiger partial charge >= 0.3 is 0 Å². The van der Waals surface area contributed by atoms with Gasteiger partial charge in [-0.3, -0.25) is 10.1 Å². The van der Waals surface area contributed by atoms with Gasteiger partial charge in [0.25, 0.3) is 5.69 Å². The molecule has 94 valence electrons. The van der Waals surface area contributed by atoms with Crippen LogP contribution in [-0.4, -0.2) is 4.92 Å². The van der Waals surface area contributed by atoms with Crippen LogP contribution in [0.1, 0.15) is 4.88 Å². The number of hydrogen-bond donors (Lipinski definition) is 1. The molecule has 1 aromatic heterocycles. The molecule has 2 rings (SSSR count). The number of anilines is 1. The number of hydrogen-bond acceptors (Lipinski definition) is 4. The van der Waals surface area contributed by atoms with Gasteiger partial charge in [0.1, 0.15) is 0 Å². The molecule has 0 fully saturated rings. The van der Waals surface area contributed by atoms with E-state index in [0.717, 1.165) is 13.9 Å². The predicted molar refractivity (Wildman–Crippen MR) is 80.1 cm³/mol. The first kappa shape index (κ1) is 13.5. The summed E-state index contributed by atoms with van der Waals surface area (Å²) in [5.74, 6) is 0. The van der Waals surface area contributed by atoms with Crippen molar-refractivity contribution in [2.75, 3.05) is 5.32 Å². The van der Waals surface area contributed by atoms with Gasteiger partial charge in [0.15, 0.2) is 0 Å². The van der Waals surface area contributed by atoms with Crippen LogP contribution in [0.2, 0.25) is 0 Å². The molecule has 0 saturated carbocycles. The maximum atomic E-state index is 10.5. The Morgan fingerprint density at radius 2 is 1.94 bits per heavy atom. The number of nitrogens with one attached hydrogen (secondary N) is 1. The summed E-state index contributed by atoms with van der Waals surface area (Å²) < 4.78 is 2.09. The fourth-order valence-electron chi connectivity index (χ4n) is 1.37. The van der Waals surface area contributed by atoms with Crippen LogP contribution in [0.25, 0.3) is 0 Å². The van der Waals surface area contributed by atoms with Gasteiger partial charge in [0, 0.05) is 33.7 Å². The fraction of sp³-hybridized carbons (Fsp3) is 0.0909. The molecule has 7 heteroatoms. The zero-order chi connectivity index (χ0) is 13.1. The molecule has 0 atom stereocenters. The molecule has 1 heterocycles. The number of benzene rings is 1. The lowest BCUT2D eigenvalue weighted by Gasteiger charge is -2.03. The van der Waals surface area contributed by atoms with Gasteiger partial charge in [0.2, 0.25) is 0 Å². The lowest BCUT2D eigenvalue weighted by atomic mass is 10.3. The van der Waals surface area contributed by atoms with Crippen LogP contribution < -0.4 is 5.32 Å². The van der Waals surface area contributed by atoms with Crippen LogP contribution in [0.4, 0.5) is 11.4 Å². The lowest BCUT2D eigenvalue weighted by Crippen LogP contribution is -1.97. The minimum absolute atomic E-state index is 0.0992. The SMILES string of the molecule is O=[N+]([O-])c1ccc(NCc2cc(Br)c(Br)s2)cc1. The molecule has 2 aromatic rings. The third-order valence-electron chi connectivity index (χ3n) is 2.24. The van der Waals surface area contributed by atoms with E-state index in [1.165, 1.54) is 17.0 Å². The molecule has 4 nitrogen and oxygen atoms in total. The summed E-state index contributed by atoms with van der Waals surface area (Å²) >= 11 is 8.51. The Morgan fingerprint density at radius 3 is 2.44 bits per heavy atom. The zero-order valence-electron chi connectivity index (χ0n) is 9.02. The maximum Gasteiger partial charge on any atom is 0.269 e. The second-order valence-corrected chi connectivity index (χ2v) is 6.80. The van der Waals surface area contributed by atoms with Crippen molar-refractivity contribution >= 4 is 54.6 Å². The Labute approximate surface area is 124 Å². The van der Waals surface area contributed by atoms with Gasteiger partial charge in [-0.05, 0) is 50.1 Å². The molecular weight excluding hydrogens is 384 g/mol. The number of non-ortho nitro benzene ring substituents is 1. The van der Waals surface area contributed by atoms with Gasteiger partial charge in [-0.15, -0.1) is 11.3 Å². The first-order valence-corrected chi connectivity index (χ1v) is 7.38. The molecule has 18 heavy (non-hydrogen) atoms.